The molecule has 1 heterocycles. The van der Waals surface area contributed by atoms with Gasteiger partial charge in [0, 0.05) is 0 Å². The maximum absolute atomic E-state index is 10.8. The Balaban J connectivity index is 1.41. The Morgan fingerprint density at radius 3 is 2.62 bits per heavy atom. The molecule has 11 atom stereocenters. The van der Waals surface area contributed by atoms with Crippen LogP contribution in [-0.2, 0) is 4.74 Å². The largest absolute Gasteiger partial charge is 0.393 e. The summed E-state index contributed by atoms with van der Waals surface area (Å²) in [4.78, 5) is 0. The molecule has 5 rings (SSSR count). The van der Waals surface area contributed by atoms with Crippen molar-refractivity contribution in [1.82, 2.24) is 0 Å². The molecule has 164 valence electrons. The monoisotopic (exact) mass is 402 g/mol. The van der Waals surface area contributed by atoms with E-state index in [2.05, 4.69) is 40.7 Å². The predicted octanol–water partition coefficient (Wildman–Crippen LogP) is 4.96. The van der Waals surface area contributed by atoms with Crippen LogP contribution in [0.3, 0.4) is 0 Å². The van der Waals surface area contributed by atoms with Crippen molar-refractivity contribution in [3.05, 3.63) is 11.6 Å². The number of allylic oxidation sites excluding steroid dienone is 1. The van der Waals surface area contributed by atoms with Crippen LogP contribution in [-0.4, -0.2) is 34.6 Å². The van der Waals surface area contributed by atoms with Crippen molar-refractivity contribution in [1.29, 1.82) is 0 Å². The van der Waals surface area contributed by atoms with Crippen LogP contribution in [0.1, 0.15) is 79.6 Å². The summed E-state index contributed by atoms with van der Waals surface area (Å²) in [6.45, 7) is 11.6. The number of ether oxygens (including phenoxy) is 1. The molecule has 0 radical (unpaired) electrons. The van der Waals surface area contributed by atoms with E-state index in [0.717, 1.165) is 37.0 Å². The smallest absolute Gasteiger partial charge is 0.0869 e. The van der Waals surface area contributed by atoms with Gasteiger partial charge in [-0.15, -0.1) is 0 Å². The second-order valence-corrected chi connectivity index (χ2v) is 12.2. The summed E-state index contributed by atoms with van der Waals surface area (Å²) in [5.41, 5.74) is 2.22. The van der Waals surface area contributed by atoms with E-state index in [9.17, 15) is 10.2 Å². The van der Waals surface area contributed by atoms with E-state index in [1.165, 1.54) is 25.7 Å². The van der Waals surface area contributed by atoms with Gasteiger partial charge in [0.15, 0.2) is 0 Å². The molecule has 0 aromatic rings. The third-order valence-corrected chi connectivity index (χ3v) is 10.6. The fourth-order valence-electron chi connectivity index (χ4n) is 9.05. The molecule has 3 saturated carbocycles. The normalized spacial score (nSPS) is 55.0. The third-order valence-electron chi connectivity index (χ3n) is 10.6. The summed E-state index contributed by atoms with van der Waals surface area (Å²) in [5.74, 6) is 3.59. The molecule has 0 aromatic carbocycles. The van der Waals surface area contributed by atoms with Crippen molar-refractivity contribution in [2.45, 2.75) is 104 Å². The zero-order valence-electron chi connectivity index (χ0n) is 19.1. The highest BCUT2D eigenvalue weighted by molar-refractivity contribution is 5.26. The molecule has 4 aliphatic carbocycles. The van der Waals surface area contributed by atoms with Crippen molar-refractivity contribution in [3.8, 4) is 0 Å². The summed E-state index contributed by atoms with van der Waals surface area (Å²) in [5, 5.41) is 21.0. The molecule has 2 N–H and O–H groups in total. The van der Waals surface area contributed by atoms with Crippen molar-refractivity contribution in [2.24, 2.45) is 46.3 Å². The lowest BCUT2D eigenvalue weighted by Crippen LogP contribution is -2.51. The molecule has 0 amide bonds. The van der Waals surface area contributed by atoms with Gasteiger partial charge >= 0.3 is 0 Å². The lowest BCUT2D eigenvalue weighted by molar-refractivity contribution is -0.0810. The Morgan fingerprint density at radius 2 is 1.90 bits per heavy atom. The first kappa shape index (κ1) is 20.5. The van der Waals surface area contributed by atoms with Gasteiger partial charge in [0.25, 0.3) is 0 Å². The van der Waals surface area contributed by atoms with Crippen molar-refractivity contribution >= 4 is 0 Å². The number of hydrogen-bond donors (Lipinski definition) is 2. The van der Waals surface area contributed by atoms with E-state index < -0.39 is 0 Å². The molecule has 3 nitrogen and oxygen atoms in total. The van der Waals surface area contributed by atoms with Gasteiger partial charge in [-0.05, 0) is 91.3 Å². The fourth-order valence-corrected chi connectivity index (χ4v) is 9.05. The lowest BCUT2D eigenvalue weighted by atomic mass is 9.47. The van der Waals surface area contributed by atoms with Crippen LogP contribution in [0.4, 0.5) is 0 Å². The Labute approximate surface area is 177 Å². The molecule has 0 bridgehead atoms. The van der Waals surface area contributed by atoms with E-state index in [0.29, 0.717) is 28.8 Å². The van der Waals surface area contributed by atoms with E-state index in [1.54, 1.807) is 5.57 Å². The summed E-state index contributed by atoms with van der Waals surface area (Å²) >= 11 is 0. The Hall–Kier alpha value is -0.380. The van der Waals surface area contributed by atoms with Gasteiger partial charge < -0.3 is 14.9 Å². The van der Waals surface area contributed by atoms with Gasteiger partial charge in [-0.25, -0.2) is 0 Å². The van der Waals surface area contributed by atoms with E-state index in [-0.39, 0.29) is 24.2 Å². The maximum atomic E-state index is 10.8. The lowest BCUT2D eigenvalue weighted by Gasteiger charge is -2.58. The van der Waals surface area contributed by atoms with Gasteiger partial charge in [-0.3, -0.25) is 0 Å². The number of aliphatic hydroxyl groups excluding tert-OH is 2. The van der Waals surface area contributed by atoms with Crippen molar-refractivity contribution in [3.63, 3.8) is 0 Å². The third kappa shape index (κ3) is 2.79. The molecular weight excluding hydrogens is 360 g/mol. The van der Waals surface area contributed by atoms with Gasteiger partial charge in [0.05, 0.1) is 24.4 Å². The fraction of sp³-hybridized carbons (Fsp3) is 0.923. The molecule has 4 fully saturated rings. The molecular formula is C26H42O3. The molecule has 3 heteroatoms. The summed E-state index contributed by atoms with van der Waals surface area (Å²) < 4.78 is 6.60. The highest BCUT2D eigenvalue weighted by Gasteiger charge is 2.65. The second-order valence-electron chi connectivity index (χ2n) is 12.2. The molecule has 5 aliphatic rings. The molecule has 0 spiro atoms. The molecule has 0 unspecified atom stereocenters. The van der Waals surface area contributed by atoms with Gasteiger partial charge in [0.1, 0.15) is 0 Å². The topological polar surface area (TPSA) is 49.7 Å². The zero-order chi connectivity index (χ0) is 20.7. The van der Waals surface area contributed by atoms with Crippen LogP contribution in [0.5, 0.6) is 0 Å². The standard InChI is InChI=1S/C26H42O3/c1-14(2)23(28)24-15(3)22-21(29-24)13-20-18-7-6-16-12-17(27)8-10-25(16,4)19(18)9-11-26(20,22)5/h6,14-15,17-24,27-28H,7-13H2,1-5H3/t15-,17-,18+,19-,20-,21-,22-,23-,24+,25-,26-/m0/s1. The van der Waals surface area contributed by atoms with Crippen LogP contribution in [0.25, 0.3) is 0 Å². The average Bonchev–Trinajstić information content (AvgIpc) is 3.15. The minimum atomic E-state index is -0.346. The first-order chi connectivity index (χ1) is 13.7. The number of rotatable bonds is 2. The first-order valence-corrected chi connectivity index (χ1v) is 12.4. The van der Waals surface area contributed by atoms with Crippen molar-refractivity contribution < 1.29 is 14.9 Å². The summed E-state index contributed by atoms with van der Waals surface area (Å²) in [7, 11) is 0. The number of aliphatic hydroxyl groups is 2. The van der Waals surface area contributed by atoms with Gasteiger partial charge in [-0.2, -0.15) is 0 Å². The van der Waals surface area contributed by atoms with E-state index >= 15 is 0 Å². The van der Waals surface area contributed by atoms with Crippen LogP contribution < -0.4 is 0 Å². The molecule has 29 heavy (non-hydrogen) atoms. The second kappa shape index (κ2) is 6.81. The van der Waals surface area contributed by atoms with Crippen LogP contribution in [0, 0.1) is 46.3 Å². The van der Waals surface area contributed by atoms with Crippen LogP contribution in [0.15, 0.2) is 11.6 Å². The average molecular weight is 403 g/mol. The van der Waals surface area contributed by atoms with Gasteiger partial charge in [0.2, 0.25) is 0 Å². The summed E-state index contributed by atoms with van der Waals surface area (Å²) in [6.07, 6.45) is 10.5. The van der Waals surface area contributed by atoms with E-state index in [1.807, 2.05) is 0 Å². The number of fused-ring (bicyclic) bond motifs is 7. The van der Waals surface area contributed by atoms with Crippen molar-refractivity contribution in [2.75, 3.05) is 0 Å². The molecule has 0 aromatic heterocycles. The van der Waals surface area contributed by atoms with Crippen LogP contribution >= 0.6 is 0 Å². The minimum Gasteiger partial charge on any atom is -0.393 e. The molecule has 1 aliphatic heterocycles. The van der Waals surface area contributed by atoms with E-state index in [4.69, 9.17) is 4.74 Å². The Bertz CT molecular complexity index is 685. The summed E-state index contributed by atoms with van der Waals surface area (Å²) in [6, 6.07) is 0. The predicted molar refractivity (Wildman–Crippen MR) is 115 cm³/mol. The molecule has 1 saturated heterocycles. The zero-order valence-corrected chi connectivity index (χ0v) is 19.1. The Morgan fingerprint density at radius 1 is 1.14 bits per heavy atom. The number of hydrogen-bond acceptors (Lipinski definition) is 3. The maximum Gasteiger partial charge on any atom is 0.0869 e. The first-order valence-electron chi connectivity index (χ1n) is 12.4. The quantitative estimate of drug-likeness (QED) is 0.642. The highest BCUT2D eigenvalue weighted by Crippen LogP contribution is 2.69. The van der Waals surface area contributed by atoms with Crippen LogP contribution in [0.2, 0.25) is 0 Å². The van der Waals surface area contributed by atoms with Gasteiger partial charge in [-0.1, -0.05) is 46.3 Å². The Kier molecular flexibility index (Phi) is 4.82. The minimum absolute atomic E-state index is 0.00991. The SMILES string of the molecule is CC(C)[C@H](O)[C@@H]1O[C@H]2C[C@H]3[C@@H]4CC=C5C[C@@H](O)CC[C@]5(C)[C@H]4CC[C@]3(C)[C@H]2[C@@H]1C. The highest BCUT2D eigenvalue weighted by atomic mass is 16.5.